The first-order valence-electron chi connectivity index (χ1n) is 6.04. The van der Waals surface area contributed by atoms with Gasteiger partial charge < -0.3 is 14.8 Å². The van der Waals surface area contributed by atoms with Crippen LogP contribution in [0, 0.1) is 0 Å². The molecule has 0 heterocycles. The molecular weight excluding hydrogens is 296 g/mol. The Bertz CT molecular complexity index is 613. The Morgan fingerprint density at radius 1 is 1.33 bits per heavy atom. The fourth-order valence-corrected chi connectivity index (χ4v) is 2.64. The van der Waals surface area contributed by atoms with Crippen molar-refractivity contribution >= 4 is 15.9 Å². The topological polar surface area (TPSA) is 93.7 Å². The third kappa shape index (κ3) is 4.76. The van der Waals surface area contributed by atoms with Crippen molar-refractivity contribution in [3.05, 3.63) is 30.9 Å². The van der Waals surface area contributed by atoms with E-state index in [4.69, 9.17) is 9.47 Å². The molecule has 0 saturated heterocycles. The highest BCUT2D eigenvalue weighted by Gasteiger charge is 2.21. The first-order valence-corrected chi connectivity index (χ1v) is 7.52. The van der Waals surface area contributed by atoms with Crippen molar-refractivity contribution in [1.82, 2.24) is 10.0 Å². The zero-order valence-electron chi connectivity index (χ0n) is 11.9. The van der Waals surface area contributed by atoms with Crippen LogP contribution in [0.4, 0.5) is 0 Å². The first kappa shape index (κ1) is 17.0. The largest absolute Gasteiger partial charge is 0.497 e. The molecule has 0 unspecified atom stereocenters. The molecule has 0 saturated carbocycles. The summed E-state index contributed by atoms with van der Waals surface area (Å²) in [4.78, 5) is 11.3. The van der Waals surface area contributed by atoms with Gasteiger partial charge in [0.25, 0.3) is 0 Å². The van der Waals surface area contributed by atoms with Crippen LogP contribution in [0.3, 0.4) is 0 Å². The maximum atomic E-state index is 12.2. The van der Waals surface area contributed by atoms with Crippen molar-refractivity contribution in [2.75, 3.05) is 27.3 Å². The van der Waals surface area contributed by atoms with Gasteiger partial charge in [-0.15, -0.1) is 6.58 Å². The molecule has 2 N–H and O–H groups in total. The van der Waals surface area contributed by atoms with E-state index in [1.54, 1.807) is 6.07 Å². The summed E-state index contributed by atoms with van der Waals surface area (Å²) in [6, 6.07) is 4.38. The van der Waals surface area contributed by atoms with Crippen LogP contribution < -0.4 is 19.5 Å². The molecule has 0 atom stereocenters. The molecule has 0 aliphatic carbocycles. The quantitative estimate of drug-likeness (QED) is 0.672. The molecule has 0 aliphatic heterocycles. The van der Waals surface area contributed by atoms with Crippen LogP contribution in [0.15, 0.2) is 35.7 Å². The first-order chi connectivity index (χ1) is 9.94. The van der Waals surface area contributed by atoms with E-state index < -0.39 is 15.9 Å². The summed E-state index contributed by atoms with van der Waals surface area (Å²) in [7, 11) is -1.11. The number of hydrogen-bond acceptors (Lipinski definition) is 5. The van der Waals surface area contributed by atoms with Crippen molar-refractivity contribution < 1.29 is 22.7 Å². The Morgan fingerprint density at radius 2 is 2.05 bits per heavy atom. The van der Waals surface area contributed by atoms with E-state index in [-0.39, 0.29) is 23.7 Å². The molecule has 0 fully saturated rings. The molecule has 7 nitrogen and oxygen atoms in total. The second-order valence-corrected chi connectivity index (χ2v) is 5.67. The Labute approximate surface area is 124 Å². The number of amides is 1. The lowest BCUT2D eigenvalue weighted by Gasteiger charge is -2.12. The predicted molar refractivity (Wildman–Crippen MR) is 77.9 cm³/mol. The van der Waals surface area contributed by atoms with Gasteiger partial charge >= 0.3 is 0 Å². The standard InChI is InChI=1S/C13H18N2O5S/c1-4-7-14-13(16)9-15-21(17,18)12-8-10(19-2)5-6-11(12)20-3/h4-6,8,15H,1,7,9H2,2-3H3,(H,14,16). The molecule has 8 heteroatoms. The molecule has 0 bridgehead atoms. The van der Waals surface area contributed by atoms with Crippen molar-refractivity contribution in [1.29, 1.82) is 0 Å². The number of carbonyl (C=O) groups excluding carboxylic acids is 1. The molecule has 1 amide bonds. The number of nitrogens with one attached hydrogen (secondary N) is 2. The smallest absolute Gasteiger partial charge is 0.244 e. The normalized spacial score (nSPS) is 10.8. The third-order valence-electron chi connectivity index (χ3n) is 2.53. The van der Waals surface area contributed by atoms with Gasteiger partial charge in [-0.25, -0.2) is 13.1 Å². The minimum absolute atomic E-state index is 0.0964. The summed E-state index contributed by atoms with van der Waals surface area (Å²) in [6.45, 7) is 3.34. The highest BCUT2D eigenvalue weighted by Crippen LogP contribution is 2.27. The molecule has 0 aromatic heterocycles. The van der Waals surface area contributed by atoms with E-state index in [1.807, 2.05) is 0 Å². The highest BCUT2D eigenvalue weighted by molar-refractivity contribution is 7.89. The van der Waals surface area contributed by atoms with Gasteiger partial charge in [-0.05, 0) is 12.1 Å². The van der Waals surface area contributed by atoms with E-state index in [9.17, 15) is 13.2 Å². The van der Waals surface area contributed by atoms with Crippen molar-refractivity contribution in [3.8, 4) is 11.5 Å². The zero-order valence-corrected chi connectivity index (χ0v) is 12.7. The van der Waals surface area contributed by atoms with E-state index in [0.29, 0.717) is 5.75 Å². The van der Waals surface area contributed by atoms with E-state index >= 15 is 0 Å². The van der Waals surface area contributed by atoms with Crippen molar-refractivity contribution in [2.24, 2.45) is 0 Å². The molecule has 1 aromatic rings. The van der Waals surface area contributed by atoms with Crippen LogP contribution in [0.5, 0.6) is 11.5 Å². The molecule has 0 radical (unpaired) electrons. The molecule has 1 aromatic carbocycles. The zero-order chi connectivity index (χ0) is 15.9. The maximum absolute atomic E-state index is 12.2. The molecule has 21 heavy (non-hydrogen) atoms. The minimum Gasteiger partial charge on any atom is -0.497 e. The maximum Gasteiger partial charge on any atom is 0.244 e. The van der Waals surface area contributed by atoms with Crippen LogP contribution >= 0.6 is 0 Å². The summed E-state index contributed by atoms with van der Waals surface area (Å²) >= 11 is 0. The van der Waals surface area contributed by atoms with Gasteiger partial charge in [0.1, 0.15) is 16.4 Å². The van der Waals surface area contributed by atoms with Crippen LogP contribution in [0.1, 0.15) is 0 Å². The average Bonchev–Trinajstić information content (AvgIpc) is 2.50. The minimum atomic E-state index is -3.90. The van der Waals surface area contributed by atoms with Gasteiger partial charge in [-0.2, -0.15) is 0 Å². The fourth-order valence-electron chi connectivity index (χ4n) is 1.48. The Hall–Kier alpha value is -2.06. The lowest BCUT2D eigenvalue weighted by molar-refractivity contribution is -0.119. The van der Waals surface area contributed by atoms with Crippen molar-refractivity contribution in [3.63, 3.8) is 0 Å². The number of sulfonamides is 1. The number of methoxy groups -OCH3 is 2. The summed E-state index contributed by atoms with van der Waals surface area (Å²) in [5.74, 6) is 0.0717. The van der Waals surface area contributed by atoms with Crippen LogP contribution in [-0.4, -0.2) is 41.6 Å². The number of ether oxygens (including phenoxy) is 2. The van der Waals surface area contributed by atoms with Gasteiger partial charge in [-0.3, -0.25) is 4.79 Å². The van der Waals surface area contributed by atoms with Crippen molar-refractivity contribution in [2.45, 2.75) is 4.90 Å². The van der Waals surface area contributed by atoms with E-state index in [2.05, 4.69) is 16.6 Å². The van der Waals surface area contributed by atoms with Crippen LogP contribution in [-0.2, 0) is 14.8 Å². The lowest BCUT2D eigenvalue weighted by atomic mass is 10.3. The van der Waals surface area contributed by atoms with Gasteiger partial charge in [-0.1, -0.05) is 6.08 Å². The molecule has 0 aliphatic rings. The van der Waals surface area contributed by atoms with Gasteiger partial charge in [0.15, 0.2) is 0 Å². The number of rotatable bonds is 8. The number of benzene rings is 1. The summed E-state index contributed by atoms with van der Waals surface area (Å²) in [5.41, 5.74) is 0. The number of carbonyl (C=O) groups is 1. The van der Waals surface area contributed by atoms with Crippen LogP contribution in [0.2, 0.25) is 0 Å². The molecular formula is C13H18N2O5S. The Balaban J connectivity index is 2.91. The summed E-state index contributed by atoms with van der Waals surface area (Å²) < 4.78 is 36.6. The second kappa shape index (κ2) is 7.65. The summed E-state index contributed by atoms with van der Waals surface area (Å²) in [5, 5.41) is 2.47. The Kier molecular flexibility index (Phi) is 6.19. The molecule has 1 rings (SSSR count). The SMILES string of the molecule is C=CCNC(=O)CNS(=O)(=O)c1cc(OC)ccc1OC. The number of hydrogen-bond donors (Lipinski definition) is 2. The van der Waals surface area contributed by atoms with Gasteiger partial charge in [0, 0.05) is 12.6 Å². The predicted octanol–water partition coefficient (Wildman–Crippen LogP) is 0.284. The molecule has 116 valence electrons. The summed E-state index contributed by atoms with van der Waals surface area (Å²) in [6.07, 6.45) is 1.50. The Morgan fingerprint density at radius 3 is 2.62 bits per heavy atom. The van der Waals surface area contributed by atoms with E-state index in [1.165, 1.54) is 32.4 Å². The van der Waals surface area contributed by atoms with E-state index in [0.717, 1.165) is 0 Å². The average molecular weight is 314 g/mol. The lowest BCUT2D eigenvalue weighted by Crippen LogP contribution is -2.37. The monoisotopic (exact) mass is 314 g/mol. The van der Waals surface area contributed by atoms with Gasteiger partial charge in [0.05, 0.1) is 20.8 Å². The fraction of sp³-hybridized carbons (Fsp3) is 0.308. The second-order valence-electron chi connectivity index (χ2n) is 3.93. The van der Waals surface area contributed by atoms with Gasteiger partial charge in [0.2, 0.25) is 15.9 Å². The third-order valence-corrected chi connectivity index (χ3v) is 3.95. The molecule has 0 spiro atoms. The van der Waals surface area contributed by atoms with Crippen LogP contribution in [0.25, 0.3) is 0 Å². The highest BCUT2D eigenvalue weighted by atomic mass is 32.2.